The third kappa shape index (κ3) is 4.66. The van der Waals surface area contributed by atoms with Crippen molar-refractivity contribution in [2.45, 2.75) is 11.0 Å². The van der Waals surface area contributed by atoms with E-state index < -0.39 is 0 Å². The summed E-state index contributed by atoms with van der Waals surface area (Å²) in [5.41, 5.74) is 2.24. The molecule has 4 heteroatoms. The van der Waals surface area contributed by atoms with E-state index in [0.717, 1.165) is 17.1 Å². The summed E-state index contributed by atoms with van der Waals surface area (Å²) in [4.78, 5) is 0. The number of ether oxygens (including phenoxy) is 2. The summed E-state index contributed by atoms with van der Waals surface area (Å²) in [6, 6.07) is 16.1. The van der Waals surface area contributed by atoms with Crippen LogP contribution in [0.15, 0.2) is 48.5 Å². The van der Waals surface area contributed by atoms with Gasteiger partial charge >= 0.3 is 0 Å². The molecule has 0 spiro atoms. The number of benzene rings is 2. The lowest BCUT2D eigenvalue weighted by Crippen LogP contribution is -2.04. The molecule has 1 heterocycles. The number of para-hydroxylation sites is 1. The Kier molecular flexibility index (Phi) is 6.40. The average Bonchev–Trinajstić information content (AvgIpc) is 2.67. The Morgan fingerprint density at radius 3 is 2.54 bits per heavy atom. The fraction of sp³-hybridized carbons (Fsp3) is 0.300. The van der Waals surface area contributed by atoms with Gasteiger partial charge < -0.3 is 9.47 Å². The molecule has 2 aromatic carbocycles. The number of thioether (sulfide) groups is 2. The van der Waals surface area contributed by atoms with Crippen molar-refractivity contribution in [3.8, 4) is 23.3 Å². The number of hydrogen-bond acceptors (Lipinski definition) is 4. The van der Waals surface area contributed by atoms with Crippen LogP contribution in [0.4, 0.5) is 0 Å². The molecule has 1 aliphatic rings. The summed E-state index contributed by atoms with van der Waals surface area (Å²) in [7, 11) is 1.66. The first kappa shape index (κ1) is 17.1. The smallest absolute Gasteiger partial charge is 0.149 e. The van der Waals surface area contributed by atoms with Crippen LogP contribution in [-0.4, -0.2) is 25.2 Å². The number of methoxy groups -OCH3 is 1. The van der Waals surface area contributed by atoms with Crippen molar-refractivity contribution < 1.29 is 9.47 Å². The Balaban J connectivity index is 1.61. The van der Waals surface area contributed by atoms with Crippen molar-refractivity contribution in [3.63, 3.8) is 0 Å². The molecule has 0 saturated carbocycles. The third-order valence-corrected chi connectivity index (χ3v) is 6.60. The largest absolute Gasteiger partial charge is 0.497 e. The topological polar surface area (TPSA) is 18.5 Å². The van der Waals surface area contributed by atoms with Crippen LogP contribution in [0.5, 0.6) is 11.5 Å². The van der Waals surface area contributed by atoms with Gasteiger partial charge in [-0.1, -0.05) is 30.0 Å². The van der Waals surface area contributed by atoms with E-state index in [4.69, 9.17) is 9.47 Å². The maximum Gasteiger partial charge on any atom is 0.149 e. The highest BCUT2D eigenvalue weighted by Crippen LogP contribution is 2.46. The van der Waals surface area contributed by atoms with Gasteiger partial charge in [-0.3, -0.25) is 0 Å². The molecule has 2 nitrogen and oxygen atoms in total. The minimum Gasteiger partial charge on any atom is -0.497 e. The van der Waals surface area contributed by atoms with Crippen molar-refractivity contribution in [2.75, 3.05) is 25.2 Å². The zero-order chi connectivity index (χ0) is 16.6. The highest BCUT2D eigenvalue weighted by molar-refractivity contribution is 8.16. The van der Waals surface area contributed by atoms with Crippen LogP contribution >= 0.6 is 23.5 Å². The zero-order valence-corrected chi connectivity index (χ0v) is 15.3. The lowest BCUT2D eigenvalue weighted by atomic mass is 10.2. The highest BCUT2D eigenvalue weighted by atomic mass is 32.2. The maximum absolute atomic E-state index is 5.93. The van der Waals surface area contributed by atoms with Crippen molar-refractivity contribution in [2.24, 2.45) is 0 Å². The van der Waals surface area contributed by atoms with E-state index in [1.165, 1.54) is 23.5 Å². The van der Waals surface area contributed by atoms with Crippen LogP contribution in [0.2, 0.25) is 0 Å². The average molecular weight is 357 g/mol. The maximum atomic E-state index is 5.93. The van der Waals surface area contributed by atoms with Gasteiger partial charge in [0, 0.05) is 11.1 Å². The molecule has 24 heavy (non-hydrogen) atoms. The van der Waals surface area contributed by atoms with E-state index in [9.17, 15) is 0 Å². The minimum atomic E-state index is 0.394. The summed E-state index contributed by atoms with van der Waals surface area (Å²) < 4.78 is 11.6. The minimum absolute atomic E-state index is 0.394. The summed E-state index contributed by atoms with van der Waals surface area (Å²) in [5.74, 6) is 10.5. The van der Waals surface area contributed by atoms with E-state index in [1.54, 1.807) is 7.11 Å². The highest BCUT2D eigenvalue weighted by Gasteiger charge is 2.19. The fourth-order valence-electron chi connectivity index (χ4n) is 2.40. The van der Waals surface area contributed by atoms with Crippen LogP contribution in [0.3, 0.4) is 0 Å². The molecule has 1 fully saturated rings. The molecule has 1 saturated heterocycles. The van der Waals surface area contributed by atoms with Crippen LogP contribution in [0, 0.1) is 11.8 Å². The SMILES string of the molecule is COc1ccc(C#CCOc2ccccc2C2SCCCS2)cc1. The monoisotopic (exact) mass is 356 g/mol. The molecular formula is C20H20O2S2. The molecule has 1 aliphatic heterocycles. The predicted octanol–water partition coefficient (Wildman–Crippen LogP) is 4.99. The fourth-order valence-corrected chi connectivity index (χ4v) is 5.34. The van der Waals surface area contributed by atoms with Gasteiger partial charge in [-0.05, 0) is 48.3 Å². The second kappa shape index (κ2) is 8.96. The van der Waals surface area contributed by atoms with E-state index in [1.807, 2.05) is 59.9 Å². The first-order chi connectivity index (χ1) is 11.9. The first-order valence-electron chi connectivity index (χ1n) is 7.94. The van der Waals surface area contributed by atoms with Gasteiger partial charge in [0.1, 0.15) is 18.1 Å². The van der Waals surface area contributed by atoms with Crippen molar-refractivity contribution in [3.05, 3.63) is 59.7 Å². The summed E-state index contributed by atoms with van der Waals surface area (Å²) in [6.45, 7) is 0.394. The Morgan fingerprint density at radius 1 is 1.04 bits per heavy atom. The van der Waals surface area contributed by atoms with Gasteiger partial charge in [0.05, 0.1) is 11.7 Å². The standard InChI is InChI=1S/C20H20O2S2/c1-21-17-11-9-16(10-12-17)6-4-13-22-19-8-3-2-7-18(19)20-23-14-5-15-24-20/h2-3,7-12,20H,5,13-15H2,1H3. The molecule has 0 unspecified atom stereocenters. The second-order valence-electron chi connectivity index (χ2n) is 5.28. The molecule has 0 atom stereocenters. The summed E-state index contributed by atoms with van der Waals surface area (Å²) in [6.07, 6.45) is 1.29. The molecule has 2 aromatic rings. The van der Waals surface area contributed by atoms with Gasteiger partial charge in [0.25, 0.3) is 0 Å². The lowest BCUT2D eigenvalue weighted by molar-refractivity contribution is 0.367. The van der Waals surface area contributed by atoms with Crippen LogP contribution in [0.25, 0.3) is 0 Å². The first-order valence-corrected chi connectivity index (χ1v) is 10.0. The molecular weight excluding hydrogens is 336 g/mol. The Bertz CT molecular complexity index is 710. The van der Waals surface area contributed by atoms with Crippen LogP contribution in [0.1, 0.15) is 22.1 Å². The molecule has 0 amide bonds. The summed E-state index contributed by atoms with van der Waals surface area (Å²) in [5, 5.41) is 0. The van der Waals surface area contributed by atoms with Crippen molar-refractivity contribution >= 4 is 23.5 Å². The van der Waals surface area contributed by atoms with Gasteiger partial charge in [-0.2, -0.15) is 0 Å². The van der Waals surface area contributed by atoms with E-state index in [0.29, 0.717) is 11.2 Å². The lowest BCUT2D eigenvalue weighted by Gasteiger charge is -2.23. The van der Waals surface area contributed by atoms with Crippen LogP contribution in [-0.2, 0) is 0 Å². The van der Waals surface area contributed by atoms with Crippen molar-refractivity contribution in [1.29, 1.82) is 0 Å². The molecule has 0 radical (unpaired) electrons. The van der Waals surface area contributed by atoms with Gasteiger partial charge in [0.15, 0.2) is 0 Å². The zero-order valence-electron chi connectivity index (χ0n) is 13.7. The number of hydrogen-bond donors (Lipinski definition) is 0. The van der Waals surface area contributed by atoms with Crippen molar-refractivity contribution in [1.82, 2.24) is 0 Å². The van der Waals surface area contributed by atoms with E-state index in [-0.39, 0.29) is 0 Å². The summed E-state index contributed by atoms with van der Waals surface area (Å²) >= 11 is 4.01. The predicted molar refractivity (Wildman–Crippen MR) is 104 cm³/mol. The van der Waals surface area contributed by atoms with Gasteiger partial charge in [-0.25, -0.2) is 0 Å². The van der Waals surface area contributed by atoms with Gasteiger partial charge in [-0.15, -0.1) is 23.5 Å². The molecule has 0 N–H and O–H groups in total. The quantitative estimate of drug-likeness (QED) is 0.718. The number of rotatable bonds is 4. The molecule has 3 rings (SSSR count). The molecule has 0 bridgehead atoms. The Labute approximate surface area is 152 Å². The van der Waals surface area contributed by atoms with Crippen LogP contribution < -0.4 is 9.47 Å². The van der Waals surface area contributed by atoms with E-state index >= 15 is 0 Å². The Morgan fingerprint density at radius 2 is 1.79 bits per heavy atom. The third-order valence-electron chi connectivity index (χ3n) is 3.62. The van der Waals surface area contributed by atoms with Gasteiger partial charge in [0.2, 0.25) is 0 Å². The molecule has 0 aliphatic carbocycles. The van der Waals surface area contributed by atoms with E-state index in [2.05, 4.69) is 24.0 Å². The Hall–Kier alpha value is -1.70. The molecule has 124 valence electrons. The molecule has 0 aromatic heterocycles. The second-order valence-corrected chi connectivity index (χ2v) is 8.01. The normalized spacial score (nSPS) is 14.5.